The lowest BCUT2D eigenvalue weighted by atomic mass is 9.71. The molecule has 0 atom stereocenters. The number of benzene rings is 2. The Bertz CT molecular complexity index is 908. The van der Waals surface area contributed by atoms with Crippen LogP contribution in [0.25, 0.3) is 10.8 Å². The van der Waals surface area contributed by atoms with Gasteiger partial charge in [0.15, 0.2) is 0 Å². The van der Waals surface area contributed by atoms with Crippen LogP contribution in [0.5, 0.6) is 0 Å². The summed E-state index contributed by atoms with van der Waals surface area (Å²) in [6, 6.07) is 3.75. The zero-order chi connectivity index (χ0) is 23.4. The van der Waals surface area contributed by atoms with Crippen LogP contribution in [0.3, 0.4) is 0 Å². The summed E-state index contributed by atoms with van der Waals surface area (Å²) in [6.07, 6.45) is 12.4. The first-order valence-electron chi connectivity index (χ1n) is 10.7. The maximum Gasteiger partial charge on any atom is 0.336 e. The number of aromatic carboxylic acids is 4. The monoisotopic (exact) mass is 442 g/mol. The van der Waals surface area contributed by atoms with Gasteiger partial charge in [0.1, 0.15) is 0 Å². The molecule has 170 valence electrons. The molecule has 2 fully saturated rings. The molecule has 4 rings (SSSR count). The molecule has 0 unspecified atom stereocenters. The van der Waals surface area contributed by atoms with Gasteiger partial charge in [-0.3, -0.25) is 0 Å². The fourth-order valence-corrected chi connectivity index (χ4v) is 5.07. The number of carboxylic acids is 4. The molecule has 32 heavy (non-hydrogen) atoms. The minimum absolute atomic E-state index is 0.431. The van der Waals surface area contributed by atoms with Gasteiger partial charge in [0.05, 0.1) is 22.3 Å². The molecule has 2 aromatic rings. The Morgan fingerprint density at radius 3 is 0.906 bits per heavy atom. The van der Waals surface area contributed by atoms with Gasteiger partial charge in [-0.05, 0) is 36.1 Å². The molecule has 8 nitrogen and oxygen atoms in total. The first-order chi connectivity index (χ1) is 15.2. The van der Waals surface area contributed by atoms with Crippen LogP contribution in [0.2, 0.25) is 0 Å². The third kappa shape index (κ3) is 4.74. The van der Waals surface area contributed by atoms with Crippen LogP contribution in [0.4, 0.5) is 0 Å². The molecule has 2 aromatic carbocycles. The molecular weight excluding hydrogens is 416 g/mol. The molecule has 4 N–H and O–H groups in total. The Labute approximate surface area is 184 Å². The lowest BCUT2D eigenvalue weighted by Gasteiger charge is -2.35. The van der Waals surface area contributed by atoms with Crippen LogP contribution < -0.4 is 0 Å². The van der Waals surface area contributed by atoms with Gasteiger partial charge in [-0.1, -0.05) is 51.4 Å². The lowest BCUT2D eigenvalue weighted by Crippen LogP contribution is -2.22. The van der Waals surface area contributed by atoms with Crippen molar-refractivity contribution in [3.63, 3.8) is 0 Å². The number of carboxylic acid groups (broad SMARTS) is 4. The molecule has 0 amide bonds. The van der Waals surface area contributed by atoms with E-state index in [2.05, 4.69) is 0 Å². The van der Waals surface area contributed by atoms with Crippen LogP contribution in [0.15, 0.2) is 24.3 Å². The topological polar surface area (TPSA) is 149 Å². The number of hydrogen-bond acceptors (Lipinski definition) is 4. The Balaban J connectivity index is 0.000000238. The van der Waals surface area contributed by atoms with E-state index in [9.17, 15) is 19.2 Å². The average molecular weight is 442 g/mol. The second-order valence-electron chi connectivity index (χ2n) is 8.38. The van der Waals surface area contributed by atoms with Crippen molar-refractivity contribution in [2.75, 3.05) is 0 Å². The van der Waals surface area contributed by atoms with Gasteiger partial charge in [-0.2, -0.15) is 0 Å². The van der Waals surface area contributed by atoms with Crippen molar-refractivity contribution < 1.29 is 39.6 Å². The van der Waals surface area contributed by atoms with Gasteiger partial charge in [-0.25, -0.2) is 19.2 Å². The summed E-state index contributed by atoms with van der Waals surface area (Å²) in [6.45, 7) is 0. The van der Waals surface area contributed by atoms with Crippen molar-refractivity contribution in [1.82, 2.24) is 0 Å². The van der Waals surface area contributed by atoms with E-state index < -0.39 is 56.9 Å². The first kappa shape index (κ1) is 23.2. The Morgan fingerprint density at radius 2 is 0.719 bits per heavy atom. The molecule has 0 spiro atoms. The van der Waals surface area contributed by atoms with Crippen LogP contribution in [0, 0.1) is 11.8 Å². The summed E-state index contributed by atoms with van der Waals surface area (Å²) in [5.74, 6) is -3.66. The highest BCUT2D eigenvalue weighted by molar-refractivity contribution is 6.21. The zero-order valence-electron chi connectivity index (χ0n) is 17.5. The summed E-state index contributed by atoms with van der Waals surface area (Å²) < 4.78 is 0. The third-order valence-corrected chi connectivity index (χ3v) is 6.55. The second-order valence-corrected chi connectivity index (χ2v) is 8.38. The van der Waals surface area contributed by atoms with Crippen molar-refractivity contribution in [2.45, 2.75) is 51.4 Å². The molecular formula is C24H26O8. The largest absolute Gasteiger partial charge is 0.478 e. The smallest absolute Gasteiger partial charge is 0.336 e. The maximum atomic E-state index is 11.3. The Kier molecular flexibility index (Phi) is 7.12. The van der Waals surface area contributed by atoms with Crippen molar-refractivity contribution >= 4 is 34.6 Å². The quantitative estimate of drug-likeness (QED) is 0.517. The molecule has 0 bridgehead atoms. The van der Waals surface area contributed by atoms with Gasteiger partial charge in [0.25, 0.3) is 0 Å². The van der Waals surface area contributed by atoms with Crippen LogP contribution in [0.1, 0.15) is 92.8 Å². The summed E-state index contributed by atoms with van der Waals surface area (Å²) in [5.41, 5.74) is -1.94. The molecule has 0 heterocycles. The van der Waals surface area contributed by atoms with E-state index in [0.717, 1.165) is 36.1 Å². The summed E-state index contributed by atoms with van der Waals surface area (Å²) in [5, 5.41) is 35.8. The van der Waals surface area contributed by atoms with E-state index in [1.54, 1.807) is 25.7 Å². The fraction of sp³-hybridized carbons (Fsp3) is 0.417. The molecule has 8 heteroatoms. The van der Waals surface area contributed by atoms with Gasteiger partial charge < -0.3 is 20.4 Å². The van der Waals surface area contributed by atoms with Crippen molar-refractivity contribution in [3.8, 4) is 0 Å². The Hall–Kier alpha value is -3.42. The number of fused-ring (bicyclic) bond motifs is 2. The predicted molar refractivity (Wildman–Crippen MR) is 116 cm³/mol. The number of hydrogen-bond donors (Lipinski definition) is 4. The van der Waals surface area contributed by atoms with Crippen LogP contribution >= 0.6 is 0 Å². The summed E-state index contributed by atoms with van der Waals surface area (Å²) >= 11 is 0. The molecule has 0 aliphatic heterocycles. The van der Waals surface area contributed by atoms with E-state index >= 15 is 0 Å². The number of carbonyl (C=O) groups is 4. The summed E-state index contributed by atoms with van der Waals surface area (Å²) in [4.78, 5) is 45.1. The number of rotatable bonds is 4. The van der Waals surface area contributed by atoms with Gasteiger partial charge in [-0.15, -0.1) is 0 Å². The second kappa shape index (κ2) is 9.80. The highest BCUT2D eigenvalue weighted by Crippen LogP contribution is 2.40. The SMILES string of the molecule is C1CCC2CCCCC2C1.O=C(O)c1ccc(C(=O)O)c2c(C(=O)O)ccc(C(=O)O)c12. The lowest BCUT2D eigenvalue weighted by molar-refractivity contribution is 0.0675. The van der Waals surface area contributed by atoms with E-state index in [1.165, 1.54) is 25.7 Å². The van der Waals surface area contributed by atoms with Crippen molar-refractivity contribution in [1.29, 1.82) is 0 Å². The van der Waals surface area contributed by atoms with E-state index in [-0.39, 0.29) is 0 Å². The maximum absolute atomic E-state index is 11.3. The van der Waals surface area contributed by atoms with Gasteiger partial charge in [0.2, 0.25) is 0 Å². The van der Waals surface area contributed by atoms with E-state index in [4.69, 9.17) is 20.4 Å². The van der Waals surface area contributed by atoms with Gasteiger partial charge in [0, 0.05) is 10.8 Å². The Morgan fingerprint density at radius 1 is 0.500 bits per heavy atom. The summed E-state index contributed by atoms with van der Waals surface area (Å²) in [7, 11) is 0. The molecule has 0 saturated heterocycles. The predicted octanol–water partition coefficient (Wildman–Crippen LogP) is 5.00. The zero-order valence-corrected chi connectivity index (χ0v) is 17.5. The standard InChI is InChI=1S/C14H8O8.C10H18/c15-11(16)5-1-2-6(12(17)18)10-8(14(21)22)4-3-7(9(5)10)13(19)20;1-2-6-10-8-4-3-7-9(10)5-1/h1-4H,(H,15,16)(H,17,18)(H,19,20)(H,21,22);9-10H,1-8H2. The normalized spacial score (nSPS) is 19.9. The van der Waals surface area contributed by atoms with E-state index in [0.29, 0.717) is 0 Å². The fourth-order valence-electron chi connectivity index (χ4n) is 5.07. The highest BCUT2D eigenvalue weighted by atomic mass is 16.4. The minimum atomic E-state index is -1.49. The molecule has 0 aromatic heterocycles. The molecule has 2 aliphatic rings. The minimum Gasteiger partial charge on any atom is -0.478 e. The van der Waals surface area contributed by atoms with Crippen molar-refractivity contribution in [2.24, 2.45) is 11.8 Å². The molecule has 2 saturated carbocycles. The van der Waals surface area contributed by atoms with Crippen molar-refractivity contribution in [3.05, 3.63) is 46.5 Å². The van der Waals surface area contributed by atoms with Crippen LogP contribution in [-0.4, -0.2) is 44.3 Å². The third-order valence-electron chi connectivity index (χ3n) is 6.55. The molecule has 0 radical (unpaired) electrons. The average Bonchev–Trinajstić information content (AvgIpc) is 2.77. The van der Waals surface area contributed by atoms with Crippen LogP contribution in [-0.2, 0) is 0 Å². The van der Waals surface area contributed by atoms with E-state index in [1.807, 2.05) is 0 Å². The molecule has 2 aliphatic carbocycles. The highest BCUT2D eigenvalue weighted by Gasteiger charge is 2.27. The first-order valence-corrected chi connectivity index (χ1v) is 10.7. The van der Waals surface area contributed by atoms with Gasteiger partial charge >= 0.3 is 23.9 Å².